The van der Waals surface area contributed by atoms with Gasteiger partial charge in [-0.25, -0.2) is 4.72 Å². The number of carboxylic acid groups (broad SMARTS) is 1. The number of hydrogen-bond donors (Lipinski definition) is 4. The molecule has 100 valence electrons. The summed E-state index contributed by atoms with van der Waals surface area (Å²) in [4.78, 5) is 11.0. The molecule has 0 saturated heterocycles. The average molecular weight is 274 g/mol. The first-order chi connectivity index (χ1) is 8.34. The summed E-state index contributed by atoms with van der Waals surface area (Å²) in [5.41, 5.74) is 0.596. The Labute approximate surface area is 105 Å². The van der Waals surface area contributed by atoms with Crippen LogP contribution in [0.25, 0.3) is 0 Å². The standard InChI is InChI=1S/C10H14N2O5S/c1-11-18(16,17)12-9(10(14)15)6-7-2-4-8(13)5-3-7/h2-5,9,11-13H,6H2,1H3,(H,14,15)/t9-/m0/s1. The van der Waals surface area contributed by atoms with E-state index in [2.05, 4.69) is 0 Å². The fraction of sp³-hybridized carbons (Fsp3) is 0.300. The molecule has 1 aromatic rings. The highest BCUT2D eigenvalue weighted by Gasteiger charge is 2.23. The minimum atomic E-state index is -3.82. The van der Waals surface area contributed by atoms with E-state index in [1.54, 1.807) is 0 Å². The molecule has 0 aliphatic heterocycles. The van der Waals surface area contributed by atoms with Gasteiger partial charge in [-0.2, -0.15) is 13.1 Å². The van der Waals surface area contributed by atoms with Gasteiger partial charge in [-0.1, -0.05) is 12.1 Å². The number of phenols is 1. The summed E-state index contributed by atoms with van der Waals surface area (Å²) in [6, 6.07) is 4.59. The molecule has 18 heavy (non-hydrogen) atoms. The molecule has 1 atom stereocenters. The summed E-state index contributed by atoms with van der Waals surface area (Å²) < 4.78 is 26.4. The van der Waals surface area contributed by atoms with Gasteiger partial charge in [-0.15, -0.1) is 0 Å². The van der Waals surface area contributed by atoms with Crippen LogP contribution in [0.1, 0.15) is 5.56 Å². The van der Waals surface area contributed by atoms with Crippen LogP contribution in [0.2, 0.25) is 0 Å². The number of nitrogens with one attached hydrogen (secondary N) is 2. The second-order valence-corrected chi connectivity index (χ2v) is 5.24. The zero-order chi connectivity index (χ0) is 13.8. The normalized spacial score (nSPS) is 13.2. The van der Waals surface area contributed by atoms with Crippen molar-refractivity contribution in [2.45, 2.75) is 12.5 Å². The number of carbonyl (C=O) groups is 1. The van der Waals surface area contributed by atoms with Gasteiger partial charge in [0.2, 0.25) is 0 Å². The van der Waals surface area contributed by atoms with Crippen LogP contribution in [0, 0.1) is 0 Å². The topological polar surface area (TPSA) is 116 Å². The molecule has 0 radical (unpaired) electrons. The first kappa shape index (κ1) is 14.4. The van der Waals surface area contributed by atoms with Crippen molar-refractivity contribution in [2.75, 3.05) is 7.05 Å². The van der Waals surface area contributed by atoms with Gasteiger partial charge in [0.05, 0.1) is 0 Å². The van der Waals surface area contributed by atoms with Crippen LogP contribution >= 0.6 is 0 Å². The fourth-order valence-corrected chi connectivity index (χ4v) is 1.97. The van der Waals surface area contributed by atoms with E-state index in [0.717, 1.165) is 0 Å². The number of benzene rings is 1. The second-order valence-electron chi connectivity index (χ2n) is 3.59. The van der Waals surface area contributed by atoms with E-state index in [4.69, 9.17) is 10.2 Å². The van der Waals surface area contributed by atoms with Crippen molar-refractivity contribution in [3.63, 3.8) is 0 Å². The van der Waals surface area contributed by atoms with Gasteiger partial charge in [-0.05, 0) is 24.1 Å². The molecule has 0 aliphatic carbocycles. The van der Waals surface area contributed by atoms with Crippen molar-refractivity contribution >= 4 is 16.2 Å². The molecule has 0 unspecified atom stereocenters. The first-order valence-corrected chi connectivity index (χ1v) is 6.54. The number of hydrogen-bond acceptors (Lipinski definition) is 4. The number of phenolic OH excluding ortho intramolecular Hbond substituents is 1. The molecular formula is C10H14N2O5S. The molecule has 8 heteroatoms. The van der Waals surface area contributed by atoms with E-state index >= 15 is 0 Å². The Bertz CT molecular complexity index is 512. The lowest BCUT2D eigenvalue weighted by Crippen LogP contribution is -2.46. The minimum absolute atomic E-state index is 0.0173. The van der Waals surface area contributed by atoms with Crippen molar-refractivity contribution in [2.24, 2.45) is 0 Å². The van der Waals surface area contributed by atoms with Crippen LogP contribution in [0.15, 0.2) is 24.3 Å². The van der Waals surface area contributed by atoms with Crippen LogP contribution < -0.4 is 9.44 Å². The van der Waals surface area contributed by atoms with Crippen molar-refractivity contribution < 1.29 is 23.4 Å². The summed E-state index contributed by atoms with van der Waals surface area (Å²) in [5.74, 6) is -1.22. The number of carboxylic acids is 1. The monoisotopic (exact) mass is 274 g/mol. The Balaban J connectivity index is 2.81. The fourth-order valence-electron chi connectivity index (χ4n) is 1.29. The summed E-state index contributed by atoms with van der Waals surface area (Å²) in [5, 5.41) is 18.0. The lowest BCUT2D eigenvalue weighted by molar-refractivity contribution is -0.138. The lowest BCUT2D eigenvalue weighted by Gasteiger charge is -2.14. The van der Waals surface area contributed by atoms with E-state index in [-0.39, 0.29) is 12.2 Å². The van der Waals surface area contributed by atoms with Crippen LogP contribution in [0.3, 0.4) is 0 Å². The Morgan fingerprint density at radius 2 is 1.89 bits per heavy atom. The third-order valence-electron chi connectivity index (χ3n) is 2.24. The molecule has 0 heterocycles. The molecule has 4 N–H and O–H groups in total. The van der Waals surface area contributed by atoms with Gasteiger partial charge < -0.3 is 10.2 Å². The Hall–Kier alpha value is -1.64. The SMILES string of the molecule is CNS(=O)(=O)N[C@@H](Cc1ccc(O)cc1)C(=O)O. The quantitative estimate of drug-likeness (QED) is 0.555. The van der Waals surface area contributed by atoms with E-state index in [0.29, 0.717) is 5.56 Å². The van der Waals surface area contributed by atoms with Crippen LogP contribution in [0.5, 0.6) is 5.75 Å². The van der Waals surface area contributed by atoms with Gasteiger partial charge in [0.15, 0.2) is 0 Å². The molecule has 7 nitrogen and oxygen atoms in total. The highest BCUT2D eigenvalue weighted by atomic mass is 32.2. The molecule has 0 aromatic heterocycles. The first-order valence-electron chi connectivity index (χ1n) is 5.05. The maximum Gasteiger partial charge on any atom is 0.322 e. The van der Waals surface area contributed by atoms with E-state index in [1.165, 1.54) is 31.3 Å². The summed E-state index contributed by atoms with van der Waals surface area (Å²) in [6.07, 6.45) is -0.0173. The van der Waals surface area contributed by atoms with Gasteiger partial charge in [0.1, 0.15) is 11.8 Å². The predicted molar refractivity (Wildman–Crippen MR) is 64.3 cm³/mol. The smallest absolute Gasteiger partial charge is 0.322 e. The van der Waals surface area contributed by atoms with Crippen molar-refractivity contribution in [3.05, 3.63) is 29.8 Å². The van der Waals surface area contributed by atoms with Gasteiger partial charge in [0, 0.05) is 7.05 Å². The maximum absolute atomic E-state index is 11.2. The van der Waals surface area contributed by atoms with E-state index in [1.807, 2.05) is 9.44 Å². The number of rotatable bonds is 6. The highest BCUT2D eigenvalue weighted by Crippen LogP contribution is 2.11. The third-order valence-corrected chi connectivity index (χ3v) is 3.37. The Morgan fingerprint density at radius 3 is 2.33 bits per heavy atom. The number of aromatic hydroxyl groups is 1. The zero-order valence-electron chi connectivity index (χ0n) is 9.62. The third kappa shape index (κ3) is 4.32. The molecule has 1 rings (SSSR count). The van der Waals surface area contributed by atoms with Gasteiger partial charge in [-0.3, -0.25) is 4.79 Å². The molecule has 0 spiro atoms. The molecule has 0 fully saturated rings. The summed E-state index contributed by atoms with van der Waals surface area (Å²) in [7, 11) is -2.64. The molecular weight excluding hydrogens is 260 g/mol. The Morgan fingerprint density at radius 1 is 1.33 bits per heavy atom. The van der Waals surface area contributed by atoms with Crippen LogP contribution in [-0.4, -0.2) is 37.7 Å². The van der Waals surface area contributed by atoms with E-state index in [9.17, 15) is 13.2 Å². The lowest BCUT2D eigenvalue weighted by atomic mass is 10.1. The largest absolute Gasteiger partial charge is 0.508 e. The van der Waals surface area contributed by atoms with Gasteiger partial charge in [0.25, 0.3) is 10.2 Å². The van der Waals surface area contributed by atoms with Crippen molar-refractivity contribution in [1.29, 1.82) is 0 Å². The molecule has 0 saturated carbocycles. The minimum Gasteiger partial charge on any atom is -0.508 e. The predicted octanol–water partition coefficient (Wildman–Crippen LogP) is -0.558. The molecule has 0 amide bonds. The number of aliphatic carboxylic acids is 1. The highest BCUT2D eigenvalue weighted by molar-refractivity contribution is 7.87. The summed E-state index contributed by atoms with van der Waals surface area (Å²) in [6.45, 7) is 0. The maximum atomic E-state index is 11.2. The van der Waals surface area contributed by atoms with Crippen molar-refractivity contribution in [1.82, 2.24) is 9.44 Å². The zero-order valence-corrected chi connectivity index (χ0v) is 10.4. The second kappa shape index (κ2) is 5.80. The van der Waals surface area contributed by atoms with E-state index < -0.39 is 22.2 Å². The van der Waals surface area contributed by atoms with Crippen LogP contribution in [-0.2, 0) is 21.4 Å². The van der Waals surface area contributed by atoms with Crippen molar-refractivity contribution in [3.8, 4) is 5.75 Å². The molecule has 0 aliphatic rings. The average Bonchev–Trinajstić information content (AvgIpc) is 2.31. The molecule has 1 aromatic carbocycles. The van der Waals surface area contributed by atoms with Gasteiger partial charge >= 0.3 is 5.97 Å². The molecule has 0 bridgehead atoms. The Kier molecular flexibility index (Phi) is 4.65. The summed E-state index contributed by atoms with van der Waals surface area (Å²) >= 11 is 0. The van der Waals surface area contributed by atoms with Crippen LogP contribution in [0.4, 0.5) is 0 Å².